The quantitative estimate of drug-likeness (QED) is 0.811. The second kappa shape index (κ2) is 9.59. The number of hydrogen-bond acceptors (Lipinski definition) is 4. The van der Waals surface area contributed by atoms with Crippen LogP contribution in [0.25, 0.3) is 5.69 Å². The van der Waals surface area contributed by atoms with Gasteiger partial charge < -0.3 is 15.4 Å². The standard InChI is InChI=1S/C19H26N4O2.ClH/c1-3-11-25-17-13-23(15-7-5-4-6-8-15)22-18(17)19(24)21-16-12-20-10-9-14(16)2;/h4-8,13-14,16,20H,3,9-12H2,1-2H3,(H,21,24);1H. The van der Waals surface area contributed by atoms with Crippen molar-refractivity contribution in [3.63, 3.8) is 0 Å². The van der Waals surface area contributed by atoms with Crippen LogP contribution in [0.15, 0.2) is 36.5 Å². The van der Waals surface area contributed by atoms with Gasteiger partial charge in [-0.2, -0.15) is 5.10 Å². The highest BCUT2D eigenvalue weighted by Crippen LogP contribution is 2.21. The summed E-state index contributed by atoms with van der Waals surface area (Å²) in [6, 6.07) is 9.85. The molecule has 142 valence electrons. The van der Waals surface area contributed by atoms with Gasteiger partial charge in [-0.25, -0.2) is 4.68 Å². The van der Waals surface area contributed by atoms with E-state index in [1.807, 2.05) is 37.3 Å². The number of amides is 1. The predicted molar refractivity (Wildman–Crippen MR) is 105 cm³/mol. The molecule has 1 amide bonds. The lowest BCUT2D eigenvalue weighted by atomic mass is 9.95. The molecule has 0 saturated carbocycles. The SMILES string of the molecule is CCCOc1cn(-c2ccccc2)nc1C(=O)NC1CNCCC1C.Cl. The molecule has 1 aliphatic rings. The van der Waals surface area contributed by atoms with Crippen LogP contribution in [0.2, 0.25) is 0 Å². The Hall–Kier alpha value is -2.05. The number of carbonyl (C=O) groups excluding carboxylic acids is 1. The number of piperidine rings is 1. The molecular formula is C19H27ClN4O2. The molecule has 1 aromatic heterocycles. The molecule has 1 fully saturated rings. The van der Waals surface area contributed by atoms with Crippen molar-refractivity contribution in [3.8, 4) is 11.4 Å². The van der Waals surface area contributed by atoms with E-state index < -0.39 is 0 Å². The number of nitrogens with zero attached hydrogens (tertiary/aromatic N) is 2. The molecule has 6 nitrogen and oxygen atoms in total. The van der Waals surface area contributed by atoms with Gasteiger partial charge in [0.05, 0.1) is 18.5 Å². The second-order valence-electron chi connectivity index (χ2n) is 6.52. The molecule has 1 aromatic carbocycles. The lowest BCUT2D eigenvalue weighted by Gasteiger charge is -2.30. The molecule has 7 heteroatoms. The molecule has 0 bridgehead atoms. The van der Waals surface area contributed by atoms with Crippen LogP contribution in [-0.4, -0.2) is 41.4 Å². The van der Waals surface area contributed by atoms with Crippen LogP contribution in [0, 0.1) is 5.92 Å². The molecule has 2 aromatic rings. The number of benzene rings is 1. The van der Waals surface area contributed by atoms with E-state index in [4.69, 9.17) is 4.74 Å². The third-order valence-corrected chi connectivity index (χ3v) is 4.52. The van der Waals surface area contributed by atoms with E-state index in [2.05, 4.69) is 22.7 Å². The maximum Gasteiger partial charge on any atom is 0.275 e. The Morgan fingerprint density at radius 1 is 1.38 bits per heavy atom. The zero-order valence-corrected chi connectivity index (χ0v) is 16.1. The number of aromatic nitrogens is 2. The Bertz CT molecular complexity index is 705. The number of nitrogens with one attached hydrogen (secondary N) is 2. The first-order chi connectivity index (χ1) is 12.2. The Labute approximate surface area is 160 Å². The second-order valence-corrected chi connectivity index (χ2v) is 6.52. The maximum absolute atomic E-state index is 12.8. The third kappa shape index (κ3) is 4.77. The van der Waals surface area contributed by atoms with Crippen LogP contribution in [0.1, 0.15) is 37.2 Å². The Balaban J connectivity index is 0.00000243. The molecule has 2 unspecified atom stereocenters. The van der Waals surface area contributed by atoms with Gasteiger partial charge in [0.15, 0.2) is 11.4 Å². The number of halogens is 1. The van der Waals surface area contributed by atoms with Crippen molar-refractivity contribution < 1.29 is 9.53 Å². The molecule has 2 N–H and O–H groups in total. The summed E-state index contributed by atoms with van der Waals surface area (Å²) in [5.74, 6) is 0.794. The van der Waals surface area contributed by atoms with Gasteiger partial charge in [-0.1, -0.05) is 32.0 Å². The molecule has 1 aliphatic heterocycles. The molecule has 3 rings (SSSR count). The van der Waals surface area contributed by atoms with Crippen LogP contribution in [0.4, 0.5) is 0 Å². The maximum atomic E-state index is 12.8. The van der Waals surface area contributed by atoms with Crippen LogP contribution in [0.5, 0.6) is 5.75 Å². The first-order valence-corrected chi connectivity index (χ1v) is 8.98. The minimum absolute atomic E-state index is 0. The molecule has 26 heavy (non-hydrogen) atoms. The number of hydrogen-bond donors (Lipinski definition) is 2. The van der Waals surface area contributed by atoms with Crippen molar-refractivity contribution in [1.82, 2.24) is 20.4 Å². The zero-order valence-electron chi connectivity index (χ0n) is 15.3. The molecule has 0 radical (unpaired) electrons. The zero-order chi connectivity index (χ0) is 17.6. The summed E-state index contributed by atoms with van der Waals surface area (Å²) in [6.07, 6.45) is 3.71. The first-order valence-electron chi connectivity index (χ1n) is 8.98. The van der Waals surface area contributed by atoms with E-state index >= 15 is 0 Å². The minimum atomic E-state index is -0.179. The highest BCUT2D eigenvalue weighted by molar-refractivity contribution is 5.95. The smallest absolute Gasteiger partial charge is 0.275 e. The molecule has 0 aliphatic carbocycles. The average Bonchev–Trinajstić information content (AvgIpc) is 3.07. The summed E-state index contributed by atoms with van der Waals surface area (Å²) >= 11 is 0. The molecule has 2 atom stereocenters. The summed E-state index contributed by atoms with van der Waals surface area (Å²) in [7, 11) is 0. The van der Waals surface area contributed by atoms with Crippen LogP contribution < -0.4 is 15.4 Å². The van der Waals surface area contributed by atoms with Gasteiger partial charge in [0.25, 0.3) is 5.91 Å². The predicted octanol–water partition coefficient (Wildman–Crippen LogP) is 2.81. The monoisotopic (exact) mass is 378 g/mol. The summed E-state index contributed by atoms with van der Waals surface area (Å²) < 4.78 is 7.46. The molecule has 0 spiro atoms. The van der Waals surface area contributed by atoms with E-state index in [-0.39, 0.29) is 24.4 Å². The third-order valence-electron chi connectivity index (χ3n) is 4.52. The topological polar surface area (TPSA) is 68.2 Å². The highest BCUT2D eigenvalue weighted by Gasteiger charge is 2.26. The van der Waals surface area contributed by atoms with E-state index in [1.54, 1.807) is 10.9 Å². The van der Waals surface area contributed by atoms with E-state index in [0.717, 1.165) is 31.6 Å². The number of rotatable bonds is 6. The number of carbonyl (C=O) groups is 1. The van der Waals surface area contributed by atoms with Crippen LogP contribution >= 0.6 is 12.4 Å². The largest absolute Gasteiger partial charge is 0.489 e. The van der Waals surface area contributed by atoms with Gasteiger partial charge in [-0.15, -0.1) is 12.4 Å². The number of ether oxygens (including phenoxy) is 1. The summed E-state index contributed by atoms with van der Waals surface area (Å²) in [5.41, 5.74) is 1.24. The molecular weight excluding hydrogens is 352 g/mol. The fourth-order valence-electron chi connectivity index (χ4n) is 2.97. The van der Waals surface area contributed by atoms with Crippen molar-refractivity contribution >= 4 is 18.3 Å². The van der Waals surface area contributed by atoms with E-state index in [9.17, 15) is 4.79 Å². The highest BCUT2D eigenvalue weighted by atomic mass is 35.5. The molecule has 2 heterocycles. The first kappa shape index (κ1) is 20.3. The van der Waals surface area contributed by atoms with Crippen LogP contribution in [0.3, 0.4) is 0 Å². The minimum Gasteiger partial charge on any atom is -0.489 e. The van der Waals surface area contributed by atoms with Gasteiger partial charge in [-0.3, -0.25) is 4.79 Å². The van der Waals surface area contributed by atoms with Crippen LogP contribution in [-0.2, 0) is 0 Å². The van der Waals surface area contributed by atoms with Gasteiger partial charge in [0.2, 0.25) is 0 Å². The average molecular weight is 379 g/mol. The summed E-state index contributed by atoms with van der Waals surface area (Å²) in [4.78, 5) is 12.8. The van der Waals surface area contributed by atoms with Crippen molar-refractivity contribution in [1.29, 1.82) is 0 Å². The summed E-state index contributed by atoms with van der Waals surface area (Å²) in [6.45, 7) is 6.56. The van der Waals surface area contributed by atoms with Crippen molar-refractivity contribution in [3.05, 3.63) is 42.2 Å². The van der Waals surface area contributed by atoms with Gasteiger partial charge in [0, 0.05) is 12.6 Å². The fourth-order valence-corrected chi connectivity index (χ4v) is 2.97. The van der Waals surface area contributed by atoms with E-state index in [0.29, 0.717) is 24.0 Å². The number of para-hydroxylation sites is 1. The van der Waals surface area contributed by atoms with Gasteiger partial charge >= 0.3 is 0 Å². The lowest BCUT2D eigenvalue weighted by Crippen LogP contribution is -2.50. The van der Waals surface area contributed by atoms with Gasteiger partial charge in [-0.05, 0) is 37.4 Å². The van der Waals surface area contributed by atoms with Crippen molar-refractivity contribution in [2.45, 2.75) is 32.7 Å². The Morgan fingerprint density at radius 2 is 2.15 bits per heavy atom. The Morgan fingerprint density at radius 3 is 2.85 bits per heavy atom. The normalized spacial score (nSPS) is 19.5. The molecule has 1 saturated heterocycles. The van der Waals surface area contributed by atoms with Crippen molar-refractivity contribution in [2.75, 3.05) is 19.7 Å². The van der Waals surface area contributed by atoms with E-state index in [1.165, 1.54) is 0 Å². The Kier molecular flexibility index (Phi) is 7.48. The lowest BCUT2D eigenvalue weighted by molar-refractivity contribution is 0.0905. The van der Waals surface area contributed by atoms with Crippen molar-refractivity contribution in [2.24, 2.45) is 5.92 Å². The van der Waals surface area contributed by atoms with Gasteiger partial charge in [0.1, 0.15) is 0 Å². The fraction of sp³-hybridized carbons (Fsp3) is 0.474. The summed E-state index contributed by atoms with van der Waals surface area (Å²) in [5, 5.41) is 10.9.